The number of nitrogens with one attached hydrogen (secondary N) is 1. The summed E-state index contributed by atoms with van der Waals surface area (Å²) in [7, 11) is 0. The predicted molar refractivity (Wildman–Crippen MR) is 111 cm³/mol. The highest BCUT2D eigenvalue weighted by Gasteiger charge is 2.33. The van der Waals surface area contributed by atoms with Gasteiger partial charge in [0.25, 0.3) is 0 Å². The van der Waals surface area contributed by atoms with Crippen LogP contribution in [0.5, 0.6) is 0 Å². The number of rotatable bonds is 5. The molecule has 3 rings (SSSR count). The van der Waals surface area contributed by atoms with Gasteiger partial charge in [-0.25, -0.2) is 9.18 Å². The third kappa shape index (κ3) is 5.76. The van der Waals surface area contributed by atoms with Crippen molar-refractivity contribution in [1.82, 2.24) is 9.88 Å². The molecule has 1 aliphatic heterocycles. The average molecular weight is 474 g/mol. The number of nitrogens with zero attached hydrogens (tertiary/aromatic N) is 2. The van der Waals surface area contributed by atoms with E-state index in [1.807, 2.05) is 0 Å². The molecule has 1 atom stereocenters. The molecule has 11 heteroatoms. The molecule has 1 aliphatic rings. The molecule has 0 spiro atoms. The standard InChI is InChI=1S/C21H20ClF4N3O3/c22-17-9-14(1-2-16(17)21(24,25)26)28-20(32)29-5-3-13(4-6-29)19-18(23)8-12(10-27-19)7-15(31)11-30/h1-3,8-10,15,30-31H,4-7,11H2,(H,28,32)/t15-/m1/s1. The number of halogens is 5. The van der Waals surface area contributed by atoms with Gasteiger partial charge in [0, 0.05) is 31.4 Å². The molecular weight excluding hydrogens is 454 g/mol. The van der Waals surface area contributed by atoms with Crippen LogP contribution in [0, 0.1) is 5.82 Å². The Kier molecular flexibility index (Phi) is 7.37. The molecule has 2 aromatic rings. The third-order valence-corrected chi connectivity index (χ3v) is 5.22. The molecule has 0 saturated carbocycles. The van der Waals surface area contributed by atoms with Crippen LogP contribution in [0.1, 0.15) is 23.2 Å². The van der Waals surface area contributed by atoms with Crippen molar-refractivity contribution in [1.29, 1.82) is 0 Å². The minimum Gasteiger partial charge on any atom is -0.394 e. The first-order chi connectivity index (χ1) is 15.1. The normalized spacial score (nSPS) is 15.3. The first kappa shape index (κ1) is 24.0. The maximum Gasteiger partial charge on any atom is 0.417 e. The van der Waals surface area contributed by atoms with Gasteiger partial charge in [-0.3, -0.25) is 4.98 Å². The summed E-state index contributed by atoms with van der Waals surface area (Å²) in [5.41, 5.74) is 0.325. The summed E-state index contributed by atoms with van der Waals surface area (Å²) < 4.78 is 52.8. The van der Waals surface area contributed by atoms with E-state index in [0.717, 1.165) is 18.2 Å². The van der Waals surface area contributed by atoms with Crippen molar-refractivity contribution in [3.63, 3.8) is 0 Å². The molecule has 0 radical (unpaired) electrons. The van der Waals surface area contributed by atoms with E-state index in [4.69, 9.17) is 16.7 Å². The Morgan fingerprint density at radius 1 is 1.31 bits per heavy atom. The van der Waals surface area contributed by atoms with Gasteiger partial charge < -0.3 is 20.4 Å². The van der Waals surface area contributed by atoms with Gasteiger partial charge in [-0.05, 0) is 41.8 Å². The van der Waals surface area contributed by atoms with E-state index >= 15 is 0 Å². The number of hydrogen-bond acceptors (Lipinski definition) is 4. The summed E-state index contributed by atoms with van der Waals surface area (Å²) in [6, 6.07) is 3.66. The number of urea groups is 1. The SMILES string of the molecule is O=C(Nc1ccc(C(F)(F)F)c(Cl)c1)N1CC=C(c2ncc(C[C@@H](O)CO)cc2F)CC1. The number of amides is 2. The number of aromatic nitrogens is 1. The fraction of sp³-hybridized carbons (Fsp3) is 0.333. The van der Waals surface area contributed by atoms with Crippen LogP contribution < -0.4 is 5.32 Å². The van der Waals surface area contributed by atoms with E-state index in [2.05, 4.69) is 10.3 Å². The fourth-order valence-corrected chi connectivity index (χ4v) is 3.54. The molecule has 2 amide bonds. The van der Waals surface area contributed by atoms with Crippen LogP contribution in [0.25, 0.3) is 5.57 Å². The highest BCUT2D eigenvalue weighted by Crippen LogP contribution is 2.36. The van der Waals surface area contributed by atoms with Crippen LogP contribution in [0.2, 0.25) is 5.02 Å². The minimum absolute atomic E-state index is 0.0711. The second-order valence-corrected chi connectivity index (χ2v) is 7.67. The van der Waals surface area contributed by atoms with Crippen molar-refractivity contribution in [3.05, 3.63) is 64.2 Å². The zero-order valence-electron chi connectivity index (χ0n) is 16.7. The van der Waals surface area contributed by atoms with E-state index in [1.54, 1.807) is 6.08 Å². The van der Waals surface area contributed by atoms with Gasteiger partial charge >= 0.3 is 12.2 Å². The van der Waals surface area contributed by atoms with E-state index in [1.165, 1.54) is 17.2 Å². The largest absolute Gasteiger partial charge is 0.417 e. The second kappa shape index (κ2) is 9.85. The van der Waals surface area contributed by atoms with Crippen LogP contribution in [-0.4, -0.2) is 51.9 Å². The van der Waals surface area contributed by atoms with Gasteiger partial charge in [0.05, 0.1) is 23.3 Å². The van der Waals surface area contributed by atoms with Crippen LogP contribution in [0.3, 0.4) is 0 Å². The Bertz CT molecular complexity index is 1030. The van der Waals surface area contributed by atoms with Gasteiger partial charge in [0.1, 0.15) is 11.5 Å². The zero-order valence-corrected chi connectivity index (χ0v) is 17.4. The van der Waals surface area contributed by atoms with Crippen molar-refractivity contribution < 1.29 is 32.6 Å². The smallest absolute Gasteiger partial charge is 0.394 e. The van der Waals surface area contributed by atoms with Crippen LogP contribution in [0.15, 0.2) is 36.5 Å². The average Bonchev–Trinajstić information content (AvgIpc) is 2.73. The number of aliphatic hydroxyl groups is 2. The molecule has 0 saturated heterocycles. The van der Waals surface area contributed by atoms with Gasteiger partial charge in [-0.1, -0.05) is 17.7 Å². The monoisotopic (exact) mass is 473 g/mol. The molecule has 2 heterocycles. The summed E-state index contributed by atoms with van der Waals surface area (Å²) in [5.74, 6) is -0.573. The topological polar surface area (TPSA) is 85.7 Å². The number of carbonyl (C=O) groups excluding carboxylic acids is 1. The fourth-order valence-electron chi connectivity index (χ4n) is 3.26. The molecule has 6 nitrogen and oxygen atoms in total. The number of aliphatic hydroxyl groups excluding tert-OH is 2. The first-order valence-electron chi connectivity index (χ1n) is 9.64. The number of alkyl halides is 3. The van der Waals surface area contributed by atoms with Crippen molar-refractivity contribution in [2.24, 2.45) is 0 Å². The van der Waals surface area contributed by atoms with E-state index in [0.29, 0.717) is 17.6 Å². The molecule has 0 aliphatic carbocycles. The molecule has 0 fully saturated rings. The number of benzene rings is 1. The van der Waals surface area contributed by atoms with Crippen molar-refractivity contribution >= 4 is 28.9 Å². The Labute approximate surface area is 186 Å². The lowest BCUT2D eigenvalue weighted by Gasteiger charge is -2.27. The highest BCUT2D eigenvalue weighted by molar-refractivity contribution is 6.31. The molecule has 3 N–H and O–H groups in total. The van der Waals surface area contributed by atoms with E-state index < -0.39 is 41.3 Å². The summed E-state index contributed by atoms with van der Waals surface area (Å²) in [6.45, 7) is -0.0368. The molecule has 32 heavy (non-hydrogen) atoms. The van der Waals surface area contributed by atoms with Gasteiger partial charge in [-0.2, -0.15) is 13.2 Å². The minimum atomic E-state index is -4.59. The summed E-state index contributed by atoms with van der Waals surface area (Å²) in [6.07, 6.45) is -2.12. The maximum absolute atomic E-state index is 14.5. The summed E-state index contributed by atoms with van der Waals surface area (Å²) in [5, 5.41) is 20.3. The molecule has 1 aromatic heterocycles. The summed E-state index contributed by atoms with van der Waals surface area (Å²) >= 11 is 5.67. The van der Waals surface area contributed by atoms with Gasteiger partial charge in [-0.15, -0.1) is 0 Å². The third-order valence-electron chi connectivity index (χ3n) is 4.91. The molecule has 172 valence electrons. The molecule has 0 bridgehead atoms. The Morgan fingerprint density at radius 2 is 2.06 bits per heavy atom. The Hall–Kier alpha value is -2.69. The number of pyridine rings is 1. The zero-order chi connectivity index (χ0) is 23.5. The number of anilines is 1. The van der Waals surface area contributed by atoms with E-state index in [-0.39, 0.29) is 30.9 Å². The van der Waals surface area contributed by atoms with E-state index in [9.17, 15) is 27.5 Å². The number of hydrogen-bond donors (Lipinski definition) is 3. The highest BCUT2D eigenvalue weighted by atomic mass is 35.5. The Balaban J connectivity index is 1.64. The second-order valence-electron chi connectivity index (χ2n) is 7.26. The van der Waals surface area contributed by atoms with Crippen LogP contribution in [-0.2, 0) is 12.6 Å². The summed E-state index contributed by atoms with van der Waals surface area (Å²) in [4.78, 5) is 18.0. The van der Waals surface area contributed by atoms with Crippen molar-refractivity contribution in [2.75, 3.05) is 25.0 Å². The first-order valence-corrected chi connectivity index (χ1v) is 10.0. The lowest BCUT2D eigenvalue weighted by atomic mass is 10.0. The van der Waals surface area contributed by atoms with Crippen LogP contribution in [0.4, 0.5) is 28.0 Å². The lowest BCUT2D eigenvalue weighted by Crippen LogP contribution is -2.38. The molecule has 1 aromatic carbocycles. The number of carbonyl (C=O) groups is 1. The van der Waals surface area contributed by atoms with Gasteiger partial charge in [0.2, 0.25) is 0 Å². The molecular formula is C21H20ClF4N3O3. The maximum atomic E-state index is 14.5. The van der Waals surface area contributed by atoms with Crippen molar-refractivity contribution in [2.45, 2.75) is 25.1 Å². The van der Waals surface area contributed by atoms with Crippen LogP contribution >= 0.6 is 11.6 Å². The molecule has 0 unspecified atom stereocenters. The quantitative estimate of drug-likeness (QED) is 0.570. The van der Waals surface area contributed by atoms with Crippen molar-refractivity contribution in [3.8, 4) is 0 Å². The Morgan fingerprint density at radius 3 is 2.62 bits per heavy atom. The van der Waals surface area contributed by atoms with Gasteiger partial charge in [0.15, 0.2) is 0 Å². The predicted octanol–water partition coefficient (Wildman–Crippen LogP) is 4.11. The lowest BCUT2D eigenvalue weighted by molar-refractivity contribution is -0.137.